The topological polar surface area (TPSA) is 81.7 Å². The van der Waals surface area contributed by atoms with Gasteiger partial charge in [-0.05, 0) is 18.4 Å². The van der Waals surface area contributed by atoms with Crippen LogP contribution in [-0.4, -0.2) is 51.0 Å². The highest BCUT2D eigenvalue weighted by atomic mass is 16.2. The number of amides is 2. The van der Waals surface area contributed by atoms with E-state index in [9.17, 15) is 9.59 Å². The van der Waals surface area contributed by atoms with E-state index in [-0.39, 0.29) is 17.7 Å². The number of fused-ring (bicyclic) bond motifs is 1. The van der Waals surface area contributed by atoms with Gasteiger partial charge in [0.1, 0.15) is 5.71 Å². The maximum Gasteiger partial charge on any atom is 0.270 e. The molecule has 0 fully saturated rings. The van der Waals surface area contributed by atoms with Gasteiger partial charge in [-0.3, -0.25) is 9.59 Å². The normalized spacial score (nSPS) is 19.7. The van der Waals surface area contributed by atoms with Gasteiger partial charge in [0, 0.05) is 32.4 Å². The number of carbonyl (C=O) groups is 2. The first kappa shape index (κ1) is 17.5. The van der Waals surface area contributed by atoms with Gasteiger partial charge in [-0.25, -0.2) is 9.99 Å². The molecule has 0 spiro atoms. The summed E-state index contributed by atoms with van der Waals surface area (Å²) >= 11 is 0. The van der Waals surface area contributed by atoms with Crippen molar-refractivity contribution in [3.63, 3.8) is 0 Å². The Kier molecular flexibility index (Phi) is 4.75. The molecule has 2 aliphatic heterocycles. The van der Waals surface area contributed by atoms with Crippen molar-refractivity contribution in [2.45, 2.75) is 38.1 Å². The molecule has 2 aromatic rings. The average Bonchev–Trinajstić information content (AvgIpc) is 3.17. The zero-order chi connectivity index (χ0) is 18.8. The largest absolute Gasteiger partial charge is 0.347 e. The number of benzene rings is 1. The van der Waals surface area contributed by atoms with Crippen molar-refractivity contribution < 1.29 is 9.59 Å². The fraction of sp³-hybridized carbons (Fsp3) is 0.400. The zero-order valence-electron chi connectivity index (χ0n) is 15.4. The molecule has 0 aliphatic carbocycles. The van der Waals surface area contributed by atoms with Gasteiger partial charge < -0.3 is 9.88 Å². The summed E-state index contributed by atoms with van der Waals surface area (Å²) in [6.07, 6.45) is 4.32. The third-order valence-corrected chi connectivity index (χ3v) is 5.29. The monoisotopic (exact) mass is 365 g/mol. The number of hydrogen-bond donors (Lipinski definition) is 1. The Hall–Kier alpha value is -2.96. The van der Waals surface area contributed by atoms with Crippen LogP contribution in [0.5, 0.6) is 0 Å². The molecule has 2 aliphatic rings. The third kappa shape index (κ3) is 3.63. The van der Waals surface area contributed by atoms with Crippen LogP contribution < -0.4 is 0 Å². The summed E-state index contributed by atoms with van der Waals surface area (Å²) in [5.41, 5.74) is 3.80. The standard InChI is InChI=1S/C20H23N5O2/c1-24-18(26)10-9-16(23-24)20(27)25-11-15(19-17(12-25)21-13-22-19)8-7-14-5-3-2-4-6-14/h2-6,13,15H,7-12H2,1H3,(H,21,22). The number of H-pyrrole nitrogens is 1. The van der Waals surface area contributed by atoms with Crippen LogP contribution >= 0.6 is 0 Å². The molecule has 1 N–H and O–H groups in total. The summed E-state index contributed by atoms with van der Waals surface area (Å²) in [4.78, 5) is 34.1. The van der Waals surface area contributed by atoms with Gasteiger partial charge in [-0.1, -0.05) is 30.3 Å². The summed E-state index contributed by atoms with van der Waals surface area (Å²) in [6.45, 7) is 1.13. The molecule has 4 rings (SSSR count). The van der Waals surface area contributed by atoms with E-state index < -0.39 is 0 Å². The van der Waals surface area contributed by atoms with Crippen molar-refractivity contribution in [3.05, 3.63) is 53.6 Å². The SMILES string of the molecule is CN1N=C(C(=O)N2Cc3[nH]cnc3C(CCc3ccccc3)C2)CCC1=O. The number of carbonyl (C=O) groups excluding carboxylic acids is 2. The molecule has 1 aromatic carbocycles. The van der Waals surface area contributed by atoms with E-state index in [0.29, 0.717) is 31.6 Å². The van der Waals surface area contributed by atoms with E-state index in [1.807, 2.05) is 23.1 Å². The molecule has 3 heterocycles. The van der Waals surface area contributed by atoms with E-state index in [4.69, 9.17) is 0 Å². The Morgan fingerprint density at radius 2 is 2.07 bits per heavy atom. The lowest BCUT2D eigenvalue weighted by Crippen LogP contribution is -2.44. The van der Waals surface area contributed by atoms with Crippen molar-refractivity contribution in [3.8, 4) is 0 Å². The molecular formula is C20H23N5O2. The maximum atomic E-state index is 13.0. The average molecular weight is 365 g/mol. The highest BCUT2D eigenvalue weighted by Gasteiger charge is 2.33. The Morgan fingerprint density at radius 1 is 1.26 bits per heavy atom. The van der Waals surface area contributed by atoms with E-state index in [2.05, 4.69) is 27.2 Å². The number of aryl methyl sites for hydroxylation is 1. The molecule has 2 amide bonds. The molecule has 7 heteroatoms. The number of imidazole rings is 1. The van der Waals surface area contributed by atoms with Gasteiger partial charge in [-0.15, -0.1) is 0 Å². The van der Waals surface area contributed by atoms with Gasteiger partial charge in [0.25, 0.3) is 5.91 Å². The lowest BCUT2D eigenvalue weighted by Gasteiger charge is -2.33. The van der Waals surface area contributed by atoms with Crippen LogP contribution in [0.1, 0.15) is 42.1 Å². The Balaban J connectivity index is 1.50. The molecular weight excluding hydrogens is 342 g/mol. The first-order valence-corrected chi connectivity index (χ1v) is 9.31. The molecule has 140 valence electrons. The quantitative estimate of drug-likeness (QED) is 0.901. The Bertz CT molecular complexity index is 874. The van der Waals surface area contributed by atoms with E-state index in [1.165, 1.54) is 10.6 Å². The fourth-order valence-corrected chi connectivity index (χ4v) is 3.79. The van der Waals surface area contributed by atoms with Crippen LogP contribution in [0.25, 0.3) is 0 Å². The smallest absolute Gasteiger partial charge is 0.270 e. The van der Waals surface area contributed by atoms with Crippen molar-refractivity contribution in [1.82, 2.24) is 19.9 Å². The van der Waals surface area contributed by atoms with Crippen LogP contribution in [-0.2, 0) is 22.6 Å². The minimum absolute atomic E-state index is 0.0539. The number of hydrogen-bond acceptors (Lipinski definition) is 4. The van der Waals surface area contributed by atoms with Gasteiger partial charge in [0.05, 0.1) is 24.3 Å². The highest BCUT2D eigenvalue weighted by molar-refractivity contribution is 6.39. The predicted octanol–water partition coefficient (Wildman–Crippen LogP) is 2.08. The van der Waals surface area contributed by atoms with Crippen LogP contribution in [0.15, 0.2) is 41.8 Å². The second-order valence-corrected chi connectivity index (χ2v) is 7.14. The van der Waals surface area contributed by atoms with Crippen molar-refractivity contribution in [2.75, 3.05) is 13.6 Å². The second kappa shape index (κ2) is 7.34. The maximum absolute atomic E-state index is 13.0. The second-order valence-electron chi connectivity index (χ2n) is 7.14. The zero-order valence-corrected chi connectivity index (χ0v) is 15.4. The first-order chi connectivity index (χ1) is 13.1. The third-order valence-electron chi connectivity index (χ3n) is 5.29. The first-order valence-electron chi connectivity index (χ1n) is 9.31. The predicted molar refractivity (Wildman–Crippen MR) is 101 cm³/mol. The van der Waals surface area contributed by atoms with Crippen molar-refractivity contribution in [1.29, 1.82) is 0 Å². The van der Waals surface area contributed by atoms with Crippen molar-refractivity contribution in [2.24, 2.45) is 5.10 Å². The summed E-state index contributed by atoms with van der Waals surface area (Å²) < 4.78 is 0. The molecule has 0 radical (unpaired) electrons. The lowest BCUT2D eigenvalue weighted by atomic mass is 9.91. The molecule has 1 unspecified atom stereocenters. The van der Waals surface area contributed by atoms with Crippen LogP contribution in [0.2, 0.25) is 0 Å². The van der Waals surface area contributed by atoms with Crippen LogP contribution in [0, 0.1) is 0 Å². The van der Waals surface area contributed by atoms with E-state index >= 15 is 0 Å². The van der Waals surface area contributed by atoms with Gasteiger partial charge in [0.15, 0.2) is 0 Å². The number of aromatic nitrogens is 2. The summed E-state index contributed by atoms with van der Waals surface area (Å²) in [7, 11) is 1.60. The molecule has 1 aromatic heterocycles. The molecule has 0 saturated heterocycles. The molecule has 0 saturated carbocycles. The van der Waals surface area contributed by atoms with Crippen LogP contribution in [0.3, 0.4) is 0 Å². The number of nitrogens with zero attached hydrogens (tertiary/aromatic N) is 4. The van der Waals surface area contributed by atoms with Crippen molar-refractivity contribution >= 4 is 17.5 Å². The van der Waals surface area contributed by atoms with Gasteiger partial charge >= 0.3 is 0 Å². The molecule has 27 heavy (non-hydrogen) atoms. The summed E-state index contributed by atoms with van der Waals surface area (Å²) in [5, 5.41) is 5.46. The minimum atomic E-state index is -0.0840. The lowest BCUT2D eigenvalue weighted by molar-refractivity contribution is -0.131. The van der Waals surface area contributed by atoms with Crippen LogP contribution in [0.4, 0.5) is 0 Å². The summed E-state index contributed by atoms with van der Waals surface area (Å²) in [6, 6.07) is 10.4. The van der Waals surface area contributed by atoms with E-state index in [0.717, 1.165) is 24.2 Å². The number of nitrogens with one attached hydrogen (secondary N) is 1. The minimum Gasteiger partial charge on any atom is -0.347 e. The highest BCUT2D eigenvalue weighted by Crippen LogP contribution is 2.30. The Labute approximate surface area is 158 Å². The van der Waals surface area contributed by atoms with E-state index in [1.54, 1.807) is 13.4 Å². The number of hydrazone groups is 1. The Morgan fingerprint density at radius 3 is 2.85 bits per heavy atom. The summed E-state index contributed by atoms with van der Waals surface area (Å²) in [5.74, 6) is 0.0498. The van der Waals surface area contributed by atoms with Gasteiger partial charge in [0.2, 0.25) is 5.91 Å². The molecule has 1 atom stereocenters. The number of rotatable bonds is 4. The van der Waals surface area contributed by atoms with Gasteiger partial charge in [-0.2, -0.15) is 5.10 Å². The number of aromatic amines is 1. The molecule has 0 bridgehead atoms. The fourth-order valence-electron chi connectivity index (χ4n) is 3.79. The molecule has 7 nitrogen and oxygen atoms in total.